The molecule has 0 aliphatic rings. The van der Waals surface area contributed by atoms with E-state index >= 15 is 0 Å². The van der Waals surface area contributed by atoms with Gasteiger partial charge in [0.1, 0.15) is 0 Å². The molecule has 1 aromatic heterocycles. The van der Waals surface area contributed by atoms with Crippen molar-refractivity contribution in [2.45, 2.75) is 47.0 Å². The van der Waals surface area contributed by atoms with Crippen molar-refractivity contribution in [3.63, 3.8) is 0 Å². The van der Waals surface area contributed by atoms with Crippen molar-refractivity contribution in [2.75, 3.05) is 6.61 Å². The highest BCUT2D eigenvalue weighted by atomic mass is 16.5. The van der Waals surface area contributed by atoms with Crippen LogP contribution in [0.4, 0.5) is 0 Å². The van der Waals surface area contributed by atoms with Crippen molar-refractivity contribution < 1.29 is 4.74 Å². The highest BCUT2D eigenvalue weighted by Gasteiger charge is 2.16. The molecule has 0 aliphatic heterocycles. The summed E-state index contributed by atoms with van der Waals surface area (Å²) < 4.78 is 5.70. The van der Waals surface area contributed by atoms with Crippen LogP contribution in [0.5, 0.6) is 5.88 Å². The average molecular weight is 221 g/mol. The van der Waals surface area contributed by atoms with Gasteiger partial charge in [0.25, 0.3) is 0 Å². The second kappa shape index (κ2) is 4.44. The molecule has 0 atom stereocenters. The van der Waals surface area contributed by atoms with Crippen LogP contribution in [0.2, 0.25) is 0 Å². The van der Waals surface area contributed by atoms with Crippen LogP contribution in [-0.4, -0.2) is 11.6 Å². The SMILES string of the molecule is CC(C)(C)COc1cc(C(C)(C)C)ccn1. The van der Waals surface area contributed by atoms with Gasteiger partial charge in [-0.2, -0.15) is 0 Å². The largest absolute Gasteiger partial charge is 0.477 e. The lowest BCUT2D eigenvalue weighted by Gasteiger charge is -2.21. The number of hydrogen-bond donors (Lipinski definition) is 0. The van der Waals surface area contributed by atoms with E-state index in [0.717, 1.165) is 5.88 Å². The first-order chi connectivity index (χ1) is 7.18. The van der Waals surface area contributed by atoms with Crippen molar-refractivity contribution in [1.82, 2.24) is 4.98 Å². The average Bonchev–Trinajstić information content (AvgIpc) is 2.13. The molecule has 0 saturated carbocycles. The summed E-state index contributed by atoms with van der Waals surface area (Å²) in [6.07, 6.45) is 1.82. The van der Waals surface area contributed by atoms with Gasteiger partial charge >= 0.3 is 0 Å². The molecule has 0 fully saturated rings. The molecule has 0 aliphatic carbocycles. The van der Waals surface area contributed by atoms with Crippen LogP contribution in [-0.2, 0) is 5.41 Å². The molecule has 0 unspecified atom stereocenters. The van der Waals surface area contributed by atoms with Gasteiger partial charge in [-0.3, -0.25) is 0 Å². The standard InChI is InChI=1S/C14H23NO/c1-13(2,3)10-16-12-9-11(7-8-15-12)14(4,5)6/h7-9H,10H2,1-6H3. The van der Waals surface area contributed by atoms with E-state index in [1.54, 1.807) is 0 Å². The molecule has 0 spiro atoms. The number of rotatable bonds is 2. The Kier molecular flexibility index (Phi) is 3.61. The van der Waals surface area contributed by atoms with E-state index in [1.807, 2.05) is 18.3 Å². The smallest absolute Gasteiger partial charge is 0.213 e. The Labute approximate surface area is 99.0 Å². The van der Waals surface area contributed by atoms with E-state index in [1.165, 1.54) is 5.56 Å². The zero-order chi connectivity index (χ0) is 12.4. The molecule has 0 N–H and O–H groups in total. The fourth-order valence-corrected chi connectivity index (χ4v) is 1.25. The van der Waals surface area contributed by atoms with Crippen molar-refractivity contribution >= 4 is 0 Å². The molecule has 0 radical (unpaired) electrons. The normalized spacial score (nSPS) is 12.6. The Morgan fingerprint density at radius 2 is 1.75 bits per heavy atom. The van der Waals surface area contributed by atoms with Gasteiger partial charge in [0, 0.05) is 12.3 Å². The van der Waals surface area contributed by atoms with Crippen molar-refractivity contribution in [1.29, 1.82) is 0 Å². The Balaban J connectivity index is 2.76. The lowest BCUT2D eigenvalue weighted by Crippen LogP contribution is -2.18. The van der Waals surface area contributed by atoms with E-state index in [9.17, 15) is 0 Å². The molecule has 90 valence electrons. The molecular weight excluding hydrogens is 198 g/mol. The zero-order valence-electron chi connectivity index (χ0n) is 11.3. The third-order valence-corrected chi connectivity index (χ3v) is 2.25. The maximum Gasteiger partial charge on any atom is 0.213 e. The summed E-state index contributed by atoms with van der Waals surface area (Å²) >= 11 is 0. The number of nitrogens with zero attached hydrogens (tertiary/aromatic N) is 1. The minimum Gasteiger partial charge on any atom is -0.477 e. The molecule has 0 amide bonds. The lowest BCUT2D eigenvalue weighted by atomic mass is 9.88. The van der Waals surface area contributed by atoms with Crippen molar-refractivity contribution in [3.05, 3.63) is 23.9 Å². The Morgan fingerprint density at radius 1 is 1.12 bits per heavy atom. The predicted octanol–water partition coefficient (Wildman–Crippen LogP) is 3.80. The summed E-state index contributed by atoms with van der Waals surface area (Å²) in [6.45, 7) is 13.7. The maximum absolute atomic E-state index is 5.70. The summed E-state index contributed by atoms with van der Waals surface area (Å²) in [6, 6.07) is 4.08. The fourth-order valence-electron chi connectivity index (χ4n) is 1.25. The van der Waals surface area contributed by atoms with Gasteiger partial charge in [0.2, 0.25) is 5.88 Å². The summed E-state index contributed by atoms with van der Waals surface area (Å²) in [5, 5.41) is 0. The Hall–Kier alpha value is -1.05. The van der Waals surface area contributed by atoms with Crippen LogP contribution < -0.4 is 4.74 Å². The molecule has 1 heterocycles. The third-order valence-electron chi connectivity index (χ3n) is 2.25. The first kappa shape index (κ1) is 13.0. The molecule has 0 bridgehead atoms. The monoisotopic (exact) mass is 221 g/mol. The number of ether oxygens (including phenoxy) is 1. The Bertz CT molecular complexity index is 344. The maximum atomic E-state index is 5.70. The summed E-state index contributed by atoms with van der Waals surface area (Å²) in [5.41, 5.74) is 1.56. The molecule has 0 saturated heterocycles. The summed E-state index contributed by atoms with van der Waals surface area (Å²) in [4.78, 5) is 4.23. The second-order valence-corrected chi connectivity index (χ2v) is 6.48. The van der Waals surface area contributed by atoms with E-state index in [-0.39, 0.29) is 10.8 Å². The topological polar surface area (TPSA) is 22.1 Å². The molecule has 16 heavy (non-hydrogen) atoms. The minimum atomic E-state index is 0.142. The molecule has 1 aromatic rings. The third kappa shape index (κ3) is 4.21. The lowest BCUT2D eigenvalue weighted by molar-refractivity contribution is 0.191. The van der Waals surface area contributed by atoms with Gasteiger partial charge in [-0.25, -0.2) is 4.98 Å². The summed E-state index contributed by atoms with van der Waals surface area (Å²) in [7, 11) is 0. The van der Waals surface area contributed by atoms with Gasteiger partial charge in [-0.1, -0.05) is 41.5 Å². The molecule has 2 heteroatoms. The molecule has 1 rings (SSSR count). The molecular formula is C14H23NO. The van der Waals surface area contributed by atoms with Gasteiger partial charge < -0.3 is 4.74 Å². The predicted molar refractivity (Wildman–Crippen MR) is 67.9 cm³/mol. The van der Waals surface area contributed by atoms with Crippen molar-refractivity contribution in [2.24, 2.45) is 5.41 Å². The molecule has 2 nitrogen and oxygen atoms in total. The second-order valence-electron chi connectivity index (χ2n) is 6.48. The fraction of sp³-hybridized carbons (Fsp3) is 0.643. The van der Waals surface area contributed by atoms with Crippen LogP contribution in [0.15, 0.2) is 18.3 Å². The van der Waals surface area contributed by atoms with Crippen LogP contribution in [0.3, 0.4) is 0 Å². The quantitative estimate of drug-likeness (QED) is 0.757. The van der Waals surface area contributed by atoms with Crippen molar-refractivity contribution in [3.8, 4) is 5.88 Å². The van der Waals surface area contributed by atoms with Gasteiger partial charge in [-0.15, -0.1) is 0 Å². The van der Waals surface area contributed by atoms with Crippen LogP contribution in [0, 0.1) is 5.41 Å². The zero-order valence-corrected chi connectivity index (χ0v) is 11.3. The first-order valence-corrected chi connectivity index (χ1v) is 5.78. The number of pyridine rings is 1. The minimum absolute atomic E-state index is 0.142. The van der Waals surface area contributed by atoms with Gasteiger partial charge in [0.15, 0.2) is 0 Å². The van der Waals surface area contributed by atoms with Gasteiger partial charge in [0.05, 0.1) is 6.61 Å². The first-order valence-electron chi connectivity index (χ1n) is 5.78. The highest BCUT2D eigenvalue weighted by Crippen LogP contribution is 2.25. The van der Waals surface area contributed by atoms with Crippen LogP contribution in [0.25, 0.3) is 0 Å². The number of hydrogen-bond acceptors (Lipinski definition) is 2. The molecule has 0 aromatic carbocycles. The van der Waals surface area contributed by atoms with Crippen LogP contribution in [0.1, 0.15) is 47.1 Å². The highest BCUT2D eigenvalue weighted by molar-refractivity contribution is 5.26. The summed E-state index contributed by atoms with van der Waals surface area (Å²) in [5.74, 6) is 0.724. The number of aromatic nitrogens is 1. The van der Waals surface area contributed by atoms with E-state index in [4.69, 9.17) is 4.74 Å². The Morgan fingerprint density at radius 3 is 2.25 bits per heavy atom. The van der Waals surface area contributed by atoms with E-state index in [0.29, 0.717) is 6.61 Å². The van der Waals surface area contributed by atoms with Crippen LogP contribution >= 0.6 is 0 Å². The van der Waals surface area contributed by atoms with Gasteiger partial charge in [-0.05, 0) is 22.5 Å². The van der Waals surface area contributed by atoms with E-state index < -0.39 is 0 Å². The van der Waals surface area contributed by atoms with E-state index in [2.05, 4.69) is 46.5 Å².